The molecule has 0 atom stereocenters. The number of hydrogen-bond acceptors (Lipinski definition) is 7. The lowest BCUT2D eigenvalue weighted by Gasteiger charge is -2.15. The van der Waals surface area contributed by atoms with Crippen molar-refractivity contribution in [3.05, 3.63) is 78.0 Å². The highest BCUT2D eigenvalue weighted by molar-refractivity contribution is 6.09. The molecule has 0 aliphatic carbocycles. The van der Waals surface area contributed by atoms with E-state index in [-0.39, 0.29) is 11.6 Å². The summed E-state index contributed by atoms with van der Waals surface area (Å²) in [5.74, 6) is 0.172. The van der Waals surface area contributed by atoms with Crippen molar-refractivity contribution in [1.29, 1.82) is 5.26 Å². The van der Waals surface area contributed by atoms with E-state index >= 15 is 0 Å². The van der Waals surface area contributed by atoms with Crippen LogP contribution in [0.15, 0.2) is 61.1 Å². The molecule has 0 saturated heterocycles. The Morgan fingerprint density at radius 3 is 2.42 bits per heavy atom. The average Bonchev–Trinajstić information content (AvgIpc) is 2.85. The zero-order valence-electron chi connectivity index (χ0n) is 18.6. The van der Waals surface area contributed by atoms with Gasteiger partial charge in [-0.1, -0.05) is 25.1 Å². The van der Waals surface area contributed by atoms with Crippen molar-refractivity contribution in [3.63, 3.8) is 0 Å². The highest BCUT2D eigenvalue weighted by atomic mass is 16.1. The fraction of sp³-hybridized carbons (Fsp3) is 0.192. The van der Waals surface area contributed by atoms with Gasteiger partial charge in [0.25, 0.3) is 0 Å². The molecule has 7 nitrogen and oxygen atoms in total. The normalized spacial score (nSPS) is 10.7. The number of carbonyl (C=O) groups excluding carboxylic acids is 1. The first kappa shape index (κ1) is 22.1. The molecular weight excluding hydrogens is 412 g/mol. The zero-order valence-corrected chi connectivity index (χ0v) is 18.6. The van der Waals surface area contributed by atoms with Crippen LogP contribution >= 0.6 is 0 Å². The molecule has 0 aliphatic heterocycles. The van der Waals surface area contributed by atoms with Crippen molar-refractivity contribution in [3.8, 4) is 17.2 Å². The number of fused-ring (bicyclic) bond motifs is 1. The molecule has 4 rings (SSSR count). The van der Waals surface area contributed by atoms with E-state index in [1.165, 1.54) is 5.56 Å². The summed E-state index contributed by atoms with van der Waals surface area (Å²) in [7, 11) is 1.91. The van der Waals surface area contributed by atoms with Crippen LogP contribution in [0.25, 0.3) is 22.0 Å². The summed E-state index contributed by atoms with van der Waals surface area (Å²) in [5.41, 5.74) is 5.79. The van der Waals surface area contributed by atoms with Crippen molar-refractivity contribution in [2.45, 2.75) is 26.3 Å². The van der Waals surface area contributed by atoms with Gasteiger partial charge >= 0.3 is 0 Å². The van der Waals surface area contributed by atoms with E-state index in [0.29, 0.717) is 12.0 Å². The van der Waals surface area contributed by atoms with Crippen molar-refractivity contribution in [2.24, 2.45) is 0 Å². The first-order valence-electron chi connectivity index (χ1n) is 10.8. The Balaban J connectivity index is 1.82. The quantitative estimate of drug-likeness (QED) is 0.374. The van der Waals surface area contributed by atoms with E-state index in [9.17, 15) is 4.79 Å². The Hall–Kier alpha value is -4.15. The molecule has 0 bridgehead atoms. The number of Topliss-reactive ketones (excluding diaryl/α,β-unsaturated/α-hetero) is 1. The number of ketones is 1. The third-order valence-corrected chi connectivity index (χ3v) is 5.33. The number of hydrogen-bond donors (Lipinski definition) is 2. The third kappa shape index (κ3) is 4.86. The Morgan fingerprint density at radius 2 is 1.76 bits per heavy atom. The Morgan fingerprint density at radius 1 is 1.00 bits per heavy atom. The van der Waals surface area contributed by atoms with E-state index in [4.69, 9.17) is 5.26 Å². The molecule has 7 heteroatoms. The fourth-order valence-electron chi connectivity index (χ4n) is 3.67. The average molecular weight is 437 g/mol. The molecule has 0 aliphatic rings. The molecule has 0 amide bonds. The minimum atomic E-state index is 0.0494. The second-order valence-electron chi connectivity index (χ2n) is 7.71. The monoisotopic (exact) mass is 436 g/mol. The van der Waals surface area contributed by atoms with Crippen LogP contribution in [0.3, 0.4) is 0 Å². The van der Waals surface area contributed by atoms with Crippen molar-refractivity contribution in [2.75, 3.05) is 12.4 Å². The molecule has 2 aromatic carbocycles. The van der Waals surface area contributed by atoms with Crippen LogP contribution in [0, 0.1) is 11.3 Å². The topological polar surface area (TPSA) is 104 Å². The molecule has 164 valence electrons. The summed E-state index contributed by atoms with van der Waals surface area (Å²) in [6, 6.07) is 15.9. The van der Waals surface area contributed by atoms with Gasteiger partial charge < -0.3 is 10.6 Å². The Bertz CT molecular complexity index is 1320. The molecule has 0 radical (unpaired) electrons. The lowest BCUT2D eigenvalue weighted by Crippen LogP contribution is -2.06. The third-order valence-electron chi connectivity index (χ3n) is 5.33. The van der Waals surface area contributed by atoms with E-state index in [0.717, 1.165) is 46.4 Å². The lowest BCUT2D eigenvalue weighted by atomic mass is 10.00. The van der Waals surface area contributed by atoms with Crippen LogP contribution < -0.4 is 10.6 Å². The molecule has 0 unspecified atom stereocenters. The Kier molecular flexibility index (Phi) is 6.67. The van der Waals surface area contributed by atoms with Crippen LogP contribution in [-0.2, 0) is 6.54 Å². The molecule has 0 fully saturated rings. The predicted octanol–water partition coefficient (Wildman–Crippen LogP) is 5.01. The van der Waals surface area contributed by atoms with E-state index in [2.05, 4.69) is 37.7 Å². The summed E-state index contributed by atoms with van der Waals surface area (Å²) >= 11 is 0. The van der Waals surface area contributed by atoms with E-state index in [1.54, 1.807) is 18.6 Å². The van der Waals surface area contributed by atoms with Gasteiger partial charge in [-0.25, -0.2) is 9.97 Å². The second-order valence-corrected chi connectivity index (χ2v) is 7.71. The maximum Gasteiger partial charge on any atom is 0.232 e. The number of anilines is 2. The summed E-state index contributed by atoms with van der Waals surface area (Å²) in [4.78, 5) is 25.6. The standard InChI is InChI=1S/C26H24N6O/c1-3-4-24(33)22-16-29-23-10-7-18(19-14-30-25(12-27)31-15-19)11-21(23)26(22)32-20-8-5-17(6-9-20)13-28-2/h5-11,14-16,28H,3-4,13H2,1-2H3,(H,29,32). The number of carbonyl (C=O) groups is 1. The molecule has 4 aromatic rings. The summed E-state index contributed by atoms with van der Waals surface area (Å²) < 4.78 is 0. The largest absolute Gasteiger partial charge is 0.354 e. The van der Waals surface area contributed by atoms with Gasteiger partial charge in [-0.3, -0.25) is 9.78 Å². The summed E-state index contributed by atoms with van der Waals surface area (Å²) in [6.07, 6.45) is 6.12. The maximum atomic E-state index is 12.9. The zero-order chi connectivity index (χ0) is 23.2. The SMILES string of the molecule is CCCC(=O)c1cnc2ccc(-c3cnc(C#N)nc3)cc2c1Nc1ccc(CNC)cc1. The molecular formula is C26H24N6O. The number of nitriles is 1. The second kappa shape index (κ2) is 9.98. The van der Waals surface area contributed by atoms with Gasteiger partial charge in [0.05, 0.1) is 16.8 Å². The van der Waals surface area contributed by atoms with Gasteiger partial charge in [-0.2, -0.15) is 5.26 Å². The first-order valence-corrected chi connectivity index (χ1v) is 10.8. The van der Waals surface area contributed by atoms with Crippen molar-refractivity contribution in [1.82, 2.24) is 20.3 Å². The van der Waals surface area contributed by atoms with Crippen molar-refractivity contribution >= 4 is 28.1 Å². The van der Waals surface area contributed by atoms with Crippen LogP contribution in [0.4, 0.5) is 11.4 Å². The highest BCUT2D eigenvalue weighted by Crippen LogP contribution is 2.33. The minimum Gasteiger partial charge on any atom is -0.354 e. The lowest BCUT2D eigenvalue weighted by molar-refractivity contribution is 0.0982. The van der Waals surface area contributed by atoms with E-state index < -0.39 is 0 Å². The van der Waals surface area contributed by atoms with Gasteiger partial charge in [-0.15, -0.1) is 0 Å². The minimum absolute atomic E-state index is 0.0494. The molecule has 2 aromatic heterocycles. The van der Waals surface area contributed by atoms with Gasteiger partial charge in [0.15, 0.2) is 5.78 Å². The van der Waals surface area contributed by atoms with Crippen LogP contribution in [0.5, 0.6) is 0 Å². The van der Waals surface area contributed by atoms with Gasteiger partial charge in [0.1, 0.15) is 6.07 Å². The highest BCUT2D eigenvalue weighted by Gasteiger charge is 2.16. The van der Waals surface area contributed by atoms with E-state index in [1.807, 2.05) is 50.4 Å². The molecule has 33 heavy (non-hydrogen) atoms. The van der Waals surface area contributed by atoms with Crippen LogP contribution in [-0.4, -0.2) is 27.8 Å². The Labute approximate surface area is 192 Å². The van der Waals surface area contributed by atoms with Crippen molar-refractivity contribution < 1.29 is 4.79 Å². The molecule has 2 N–H and O–H groups in total. The van der Waals surface area contributed by atoms with Gasteiger partial charge in [0.2, 0.25) is 5.82 Å². The first-order chi connectivity index (χ1) is 16.1. The number of nitrogens with zero attached hydrogens (tertiary/aromatic N) is 4. The summed E-state index contributed by atoms with van der Waals surface area (Å²) in [5, 5.41) is 16.4. The number of benzene rings is 2. The van der Waals surface area contributed by atoms with Crippen LogP contribution in [0.2, 0.25) is 0 Å². The molecule has 0 saturated carbocycles. The van der Waals surface area contributed by atoms with Gasteiger partial charge in [0, 0.05) is 48.2 Å². The number of nitrogens with one attached hydrogen (secondary N) is 2. The van der Waals surface area contributed by atoms with Crippen LogP contribution in [0.1, 0.15) is 41.5 Å². The number of aromatic nitrogens is 3. The fourth-order valence-corrected chi connectivity index (χ4v) is 3.67. The molecule has 2 heterocycles. The number of rotatable bonds is 8. The van der Waals surface area contributed by atoms with Gasteiger partial charge in [-0.05, 0) is 48.9 Å². The number of pyridine rings is 1. The smallest absolute Gasteiger partial charge is 0.232 e. The maximum absolute atomic E-state index is 12.9. The predicted molar refractivity (Wildman–Crippen MR) is 129 cm³/mol. The summed E-state index contributed by atoms with van der Waals surface area (Å²) in [6.45, 7) is 2.78. The molecule has 0 spiro atoms.